The van der Waals surface area contributed by atoms with Crippen molar-refractivity contribution in [3.05, 3.63) is 82.9 Å². The first-order valence-corrected chi connectivity index (χ1v) is 15.5. The van der Waals surface area contributed by atoms with E-state index in [0.717, 1.165) is 68.1 Å². The second-order valence-electron chi connectivity index (χ2n) is 12.8. The molecule has 2 saturated heterocycles. The molecule has 0 saturated carbocycles. The monoisotopic (exact) mass is 611 g/mol. The number of halogens is 1. The number of hydrogen-bond donors (Lipinski definition) is 0. The van der Waals surface area contributed by atoms with Crippen LogP contribution in [0.2, 0.25) is 0 Å². The van der Waals surface area contributed by atoms with Crippen LogP contribution >= 0.6 is 0 Å². The molecular weight excluding hydrogens is 573 g/mol. The van der Waals surface area contributed by atoms with Crippen LogP contribution in [-0.2, 0) is 29.0 Å². The van der Waals surface area contributed by atoms with Crippen LogP contribution in [0.5, 0.6) is 5.88 Å². The summed E-state index contributed by atoms with van der Waals surface area (Å²) in [6.07, 6.45) is 3.97. The molecule has 0 unspecified atom stereocenters. The average molecular weight is 612 g/mol. The highest BCUT2D eigenvalue weighted by molar-refractivity contribution is 5.94. The number of carbonyl (C=O) groups is 1. The van der Waals surface area contributed by atoms with E-state index in [1.165, 1.54) is 6.07 Å². The number of nitriles is 1. The van der Waals surface area contributed by atoms with Gasteiger partial charge in [-0.1, -0.05) is 12.1 Å². The number of rotatable bonds is 9. The fourth-order valence-corrected chi connectivity index (χ4v) is 5.80. The summed E-state index contributed by atoms with van der Waals surface area (Å²) in [5, 5.41) is 8.96. The van der Waals surface area contributed by atoms with E-state index in [1.54, 1.807) is 24.3 Å². The SMILES string of the molecule is CC(C)(C)OC(=O)c1ccc2nc(CC3CCN(c4cccc(OCc5ccc(C#N)cc5F)n4)CC3)n(C[C@@H]3CCO3)c2c1. The molecule has 0 amide bonds. The van der Waals surface area contributed by atoms with Crippen molar-refractivity contribution in [3.63, 3.8) is 0 Å². The molecule has 234 valence electrons. The summed E-state index contributed by atoms with van der Waals surface area (Å²) in [4.78, 5) is 24.8. The van der Waals surface area contributed by atoms with Crippen molar-refractivity contribution in [1.29, 1.82) is 5.26 Å². The lowest BCUT2D eigenvalue weighted by Gasteiger charge is -2.33. The molecule has 0 bridgehead atoms. The lowest BCUT2D eigenvalue weighted by molar-refractivity contribution is -0.0590. The van der Waals surface area contributed by atoms with E-state index in [0.29, 0.717) is 29.5 Å². The molecule has 45 heavy (non-hydrogen) atoms. The summed E-state index contributed by atoms with van der Waals surface area (Å²) >= 11 is 0. The molecule has 0 spiro atoms. The van der Waals surface area contributed by atoms with Crippen LogP contribution in [0.4, 0.5) is 10.2 Å². The van der Waals surface area contributed by atoms with Crippen LogP contribution in [0.3, 0.4) is 0 Å². The highest BCUT2D eigenvalue weighted by Gasteiger charge is 2.27. The number of aromatic nitrogens is 3. The van der Waals surface area contributed by atoms with E-state index >= 15 is 0 Å². The predicted molar refractivity (Wildman–Crippen MR) is 168 cm³/mol. The number of piperidine rings is 1. The van der Waals surface area contributed by atoms with Crippen LogP contribution in [0.25, 0.3) is 11.0 Å². The van der Waals surface area contributed by atoms with Gasteiger partial charge >= 0.3 is 5.97 Å². The summed E-state index contributed by atoms with van der Waals surface area (Å²) in [6, 6.07) is 17.5. The molecule has 0 aliphatic carbocycles. The molecule has 2 aromatic heterocycles. The maximum atomic E-state index is 14.3. The van der Waals surface area contributed by atoms with Crippen LogP contribution in [0, 0.1) is 23.1 Å². The van der Waals surface area contributed by atoms with Crippen molar-refractivity contribution in [2.45, 2.75) is 71.3 Å². The number of fused-ring (bicyclic) bond motifs is 1. The lowest BCUT2D eigenvalue weighted by Crippen LogP contribution is -2.35. The van der Waals surface area contributed by atoms with Gasteiger partial charge in [-0.25, -0.2) is 14.2 Å². The van der Waals surface area contributed by atoms with Crippen molar-refractivity contribution < 1.29 is 23.4 Å². The van der Waals surface area contributed by atoms with Gasteiger partial charge in [-0.3, -0.25) is 0 Å². The van der Waals surface area contributed by atoms with E-state index in [-0.39, 0.29) is 24.2 Å². The third-order valence-electron chi connectivity index (χ3n) is 8.32. The Morgan fingerprint density at radius 2 is 1.89 bits per heavy atom. The third kappa shape index (κ3) is 7.26. The minimum Gasteiger partial charge on any atom is -0.473 e. The first-order valence-electron chi connectivity index (χ1n) is 15.5. The van der Waals surface area contributed by atoms with E-state index < -0.39 is 11.4 Å². The number of benzene rings is 2. The van der Waals surface area contributed by atoms with E-state index in [2.05, 4.69) is 14.5 Å². The number of nitrogens with zero attached hydrogens (tertiary/aromatic N) is 5. The van der Waals surface area contributed by atoms with Crippen LogP contribution in [0.1, 0.15) is 67.3 Å². The number of pyridine rings is 1. The summed E-state index contributed by atoms with van der Waals surface area (Å²) in [7, 11) is 0. The van der Waals surface area contributed by atoms with E-state index in [1.807, 2.05) is 51.1 Å². The Morgan fingerprint density at radius 3 is 2.58 bits per heavy atom. The van der Waals surface area contributed by atoms with Crippen molar-refractivity contribution in [1.82, 2.24) is 14.5 Å². The summed E-state index contributed by atoms with van der Waals surface area (Å²) in [6.45, 7) is 8.82. The highest BCUT2D eigenvalue weighted by atomic mass is 19.1. The number of anilines is 1. The zero-order valence-corrected chi connectivity index (χ0v) is 26.0. The largest absolute Gasteiger partial charge is 0.473 e. The number of esters is 1. The number of carbonyl (C=O) groups excluding carboxylic acids is 1. The van der Waals surface area contributed by atoms with Crippen LogP contribution in [0.15, 0.2) is 54.6 Å². The van der Waals surface area contributed by atoms with Gasteiger partial charge in [-0.2, -0.15) is 10.2 Å². The van der Waals surface area contributed by atoms with E-state index in [4.69, 9.17) is 24.5 Å². The maximum absolute atomic E-state index is 14.3. The molecule has 2 fully saturated rings. The third-order valence-corrected chi connectivity index (χ3v) is 8.32. The standard InChI is InChI=1S/C35H38FN5O4/c1-35(2,3)45-34(42)25-9-10-29-30(19-25)41(21-27-13-16-43-27)32(38-29)18-23-11-14-40(15-12-23)31-5-4-6-33(39-31)44-22-26-8-7-24(20-37)17-28(26)36/h4-10,17,19,23,27H,11-16,18,21-22H2,1-3H3/t27-/m0/s1. The topological polar surface area (TPSA) is 102 Å². The van der Waals surface area contributed by atoms with Gasteiger partial charge in [0.2, 0.25) is 5.88 Å². The second kappa shape index (κ2) is 12.9. The first-order chi connectivity index (χ1) is 21.6. The number of hydrogen-bond acceptors (Lipinski definition) is 8. The molecule has 4 heterocycles. The molecule has 10 heteroatoms. The Morgan fingerprint density at radius 1 is 1.09 bits per heavy atom. The van der Waals surface area contributed by atoms with Gasteiger partial charge in [-0.05, 0) is 82.3 Å². The van der Waals surface area contributed by atoms with Crippen LogP contribution < -0.4 is 9.64 Å². The molecule has 6 rings (SSSR count). The minimum absolute atomic E-state index is 0.0300. The van der Waals surface area contributed by atoms with Gasteiger partial charge < -0.3 is 23.7 Å². The van der Waals surface area contributed by atoms with Gasteiger partial charge in [0.1, 0.15) is 29.7 Å². The zero-order chi connectivity index (χ0) is 31.6. The fourth-order valence-electron chi connectivity index (χ4n) is 5.80. The van der Waals surface area contributed by atoms with Gasteiger partial charge in [0.25, 0.3) is 0 Å². The molecule has 0 N–H and O–H groups in total. The Hall–Kier alpha value is -4.49. The lowest BCUT2D eigenvalue weighted by atomic mass is 9.93. The summed E-state index contributed by atoms with van der Waals surface area (Å²) in [5.74, 6) is 1.92. The Labute approximate surface area is 262 Å². The summed E-state index contributed by atoms with van der Waals surface area (Å²) in [5.41, 5.74) is 2.41. The zero-order valence-electron chi connectivity index (χ0n) is 26.0. The molecular formula is C35H38FN5O4. The van der Waals surface area contributed by atoms with E-state index in [9.17, 15) is 9.18 Å². The van der Waals surface area contributed by atoms with Crippen molar-refractivity contribution in [3.8, 4) is 11.9 Å². The minimum atomic E-state index is -0.568. The molecule has 1 atom stereocenters. The first kappa shape index (κ1) is 30.5. The van der Waals surface area contributed by atoms with Crippen molar-refractivity contribution in [2.24, 2.45) is 5.92 Å². The smallest absolute Gasteiger partial charge is 0.338 e. The quantitative estimate of drug-likeness (QED) is 0.206. The number of ether oxygens (including phenoxy) is 3. The Kier molecular flexibility index (Phi) is 8.72. The Balaban J connectivity index is 1.11. The normalized spacial score (nSPS) is 17.1. The molecule has 9 nitrogen and oxygen atoms in total. The second-order valence-corrected chi connectivity index (χ2v) is 12.8. The fraction of sp³-hybridized carbons (Fsp3) is 0.429. The van der Waals surface area contributed by atoms with Crippen molar-refractivity contribution >= 4 is 22.8 Å². The predicted octanol–water partition coefficient (Wildman–Crippen LogP) is 6.22. The van der Waals surface area contributed by atoms with Gasteiger partial charge in [0, 0.05) is 37.7 Å². The van der Waals surface area contributed by atoms with Gasteiger partial charge in [0.15, 0.2) is 0 Å². The summed E-state index contributed by atoms with van der Waals surface area (Å²) < 4.78 is 33.7. The van der Waals surface area contributed by atoms with Gasteiger partial charge in [-0.15, -0.1) is 0 Å². The molecule has 4 aromatic rings. The Bertz CT molecular complexity index is 1730. The molecule has 0 radical (unpaired) electrons. The number of imidazole rings is 1. The van der Waals surface area contributed by atoms with Gasteiger partial charge in [0.05, 0.1) is 40.9 Å². The highest BCUT2D eigenvalue weighted by Crippen LogP contribution is 2.29. The van der Waals surface area contributed by atoms with Crippen molar-refractivity contribution in [2.75, 3.05) is 24.6 Å². The van der Waals surface area contributed by atoms with Crippen LogP contribution in [-0.4, -0.2) is 51.9 Å². The molecule has 2 aromatic carbocycles. The maximum Gasteiger partial charge on any atom is 0.338 e. The average Bonchev–Trinajstić information content (AvgIpc) is 3.33. The molecule has 2 aliphatic heterocycles. The molecule has 2 aliphatic rings.